The van der Waals surface area contributed by atoms with Gasteiger partial charge < -0.3 is 5.32 Å². The first kappa shape index (κ1) is 16.2. The summed E-state index contributed by atoms with van der Waals surface area (Å²) >= 11 is 1.70. The molecular weight excluding hydrogens is 302 g/mol. The van der Waals surface area contributed by atoms with Crippen LogP contribution in [-0.2, 0) is 16.3 Å². The Hall–Kier alpha value is -1.17. The second-order valence-corrected chi connectivity index (χ2v) is 7.98. The number of hydrogen-bond acceptors (Lipinski definition) is 4. The molecule has 0 fully saturated rings. The highest BCUT2D eigenvalue weighted by atomic mass is 32.2. The van der Waals surface area contributed by atoms with Gasteiger partial charge in [-0.15, -0.1) is 0 Å². The molecule has 0 bridgehead atoms. The zero-order chi connectivity index (χ0) is 15.3. The van der Waals surface area contributed by atoms with Crippen molar-refractivity contribution in [3.05, 3.63) is 52.2 Å². The molecule has 0 saturated heterocycles. The van der Waals surface area contributed by atoms with Gasteiger partial charge in [-0.2, -0.15) is 11.3 Å². The van der Waals surface area contributed by atoms with E-state index in [-0.39, 0.29) is 6.04 Å². The lowest BCUT2D eigenvalue weighted by Gasteiger charge is -2.19. The molecule has 0 saturated carbocycles. The highest BCUT2D eigenvalue weighted by molar-refractivity contribution is 7.90. The van der Waals surface area contributed by atoms with Crippen LogP contribution in [0.5, 0.6) is 0 Å². The van der Waals surface area contributed by atoms with E-state index >= 15 is 0 Å². The number of thiophene rings is 1. The van der Waals surface area contributed by atoms with Gasteiger partial charge in [0.2, 0.25) is 0 Å². The third-order valence-electron chi connectivity index (χ3n) is 3.37. The minimum Gasteiger partial charge on any atom is -0.310 e. The predicted octanol–water partition coefficient (Wildman–Crippen LogP) is 3.44. The van der Waals surface area contributed by atoms with E-state index in [0.29, 0.717) is 4.90 Å². The summed E-state index contributed by atoms with van der Waals surface area (Å²) in [4.78, 5) is 0.371. The number of benzene rings is 1. The Bertz CT molecular complexity index is 646. The van der Waals surface area contributed by atoms with Gasteiger partial charge in [-0.05, 0) is 59.5 Å². The molecule has 21 heavy (non-hydrogen) atoms. The van der Waals surface area contributed by atoms with Crippen molar-refractivity contribution in [1.82, 2.24) is 5.32 Å². The normalized spacial score (nSPS) is 13.2. The van der Waals surface area contributed by atoms with Gasteiger partial charge in [0, 0.05) is 12.3 Å². The van der Waals surface area contributed by atoms with E-state index in [0.717, 1.165) is 24.9 Å². The summed E-state index contributed by atoms with van der Waals surface area (Å²) < 4.78 is 23.1. The summed E-state index contributed by atoms with van der Waals surface area (Å²) in [6, 6.07) is 9.56. The van der Waals surface area contributed by atoms with Crippen LogP contribution in [0, 0.1) is 0 Å². The van der Waals surface area contributed by atoms with Gasteiger partial charge in [0.1, 0.15) is 0 Å². The zero-order valence-electron chi connectivity index (χ0n) is 12.4. The lowest BCUT2D eigenvalue weighted by molar-refractivity contribution is 0.529. The maximum absolute atomic E-state index is 11.5. The molecule has 0 aliphatic heterocycles. The van der Waals surface area contributed by atoms with E-state index in [4.69, 9.17) is 0 Å². The first-order valence-corrected chi connectivity index (χ1v) is 9.88. The highest BCUT2D eigenvalue weighted by Gasteiger charge is 2.13. The average Bonchev–Trinajstić information content (AvgIpc) is 2.95. The van der Waals surface area contributed by atoms with E-state index in [1.807, 2.05) is 12.1 Å². The Morgan fingerprint density at radius 3 is 2.43 bits per heavy atom. The van der Waals surface area contributed by atoms with Crippen LogP contribution in [0.2, 0.25) is 0 Å². The van der Waals surface area contributed by atoms with Crippen LogP contribution < -0.4 is 5.32 Å². The van der Waals surface area contributed by atoms with Crippen LogP contribution in [-0.4, -0.2) is 21.2 Å². The van der Waals surface area contributed by atoms with Crippen molar-refractivity contribution in [2.45, 2.75) is 30.7 Å². The molecule has 1 N–H and O–H groups in total. The van der Waals surface area contributed by atoms with Crippen molar-refractivity contribution in [1.29, 1.82) is 0 Å². The fourth-order valence-corrected chi connectivity index (χ4v) is 3.53. The molecule has 0 amide bonds. The van der Waals surface area contributed by atoms with Crippen molar-refractivity contribution < 1.29 is 8.42 Å². The number of rotatable bonds is 7. The van der Waals surface area contributed by atoms with Crippen LogP contribution in [0.15, 0.2) is 46.0 Å². The first-order chi connectivity index (χ1) is 10.0. The molecule has 0 aliphatic rings. The Labute approximate surface area is 130 Å². The molecule has 1 aromatic heterocycles. The summed E-state index contributed by atoms with van der Waals surface area (Å²) in [6.45, 7) is 3.09. The van der Waals surface area contributed by atoms with Crippen LogP contribution in [0.25, 0.3) is 0 Å². The zero-order valence-corrected chi connectivity index (χ0v) is 14.0. The molecule has 0 aliphatic carbocycles. The molecule has 0 spiro atoms. The Balaban J connectivity index is 2.19. The molecular formula is C16H21NO2S2. The molecule has 1 atom stereocenters. The fraction of sp³-hybridized carbons (Fsp3) is 0.375. The fourth-order valence-electron chi connectivity index (χ4n) is 2.22. The molecule has 2 aromatic rings. The third kappa shape index (κ3) is 4.66. The molecule has 3 nitrogen and oxygen atoms in total. The van der Waals surface area contributed by atoms with Gasteiger partial charge in [-0.25, -0.2) is 8.42 Å². The summed E-state index contributed by atoms with van der Waals surface area (Å²) in [5, 5.41) is 7.78. The van der Waals surface area contributed by atoms with E-state index in [9.17, 15) is 8.42 Å². The molecule has 1 heterocycles. The lowest BCUT2D eigenvalue weighted by Crippen LogP contribution is -2.24. The van der Waals surface area contributed by atoms with Crippen LogP contribution in [0.3, 0.4) is 0 Å². The minimum absolute atomic E-state index is 0.216. The number of sulfone groups is 1. The summed E-state index contributed by atoms with van der Waals surface area (Å²) in [5.74, 6) is 0. The molecule has 1 unspecified atom stereocenters. The predicted molar refractivity (Wildman–Crippen MR) is 88.6 cm³/mol. The second kappa shape index (κ2) is 7.20. The number of nitrogens with one attached hydrogen (secondary N) is 1. The van der Waals surface area contributed by atoms with Gasteiger partial charge in [0.15, 0.2) is 9.84 Å². The van der Waals surface area contributed by atoms with E-state index in [1.54, 1.807) is 23.5 Å². The summed E-state index contributed by atoms with van der Waals surface area (Å²) in [7, 11) is -3.13. The van der Waals surface area contributed by atoms with Gasteiger partial charge in [-0.1, -0.05) is 19.1 Å². The van der Waals surface area contributed by atoms with Gasteiger partial charge in [0.05, 0.1) is 4.90 Å². The summed E-state index contributed by atoms with van der Waals surface area (Å²) in [6.07, 6.45) is 3.23. The molecule has 1 aromatic carbocycles. The van der Waals surface area contributed by atoms with Crippen LogP contribution in [0.1, 0.15) is 30.5 Å². The van der Waals surface area contributed by atoms with Crippen molar-refractivity contribution in [3.8, 4) is 0 Å². The van der Waals surface area contributed by atoms with E-state index in [2.05, 4.69) is 29.1 Å². The summed E-state index contributed by atoms with van der Waals surface area (Å²) in [5.41, 5.74) is 2.43. The standard InChI is InChI=1S/C16H21NO2S2/c1-3-9-17-16(11-13-8-10-20-12-13)14-4-6-15(7-5-14)21(2,18)19/h4-8,10,12,16-17H,3,9,11H2,1-2H3. The van der Waals surface area contributed by atoms with Crippen LogP contribution in [0.4, 0.5) is 0 Å². The Morgan fingerprint density at radius 1 is 1.19 bits per heavy atom. The van der Waals surface area contributed by atoms with Crippen molar-refractivity contribution in [2.24, 2.45) is 0 Å². The molecule has 0 radical (unpaired) electrons. The van der Waals surface area contributed by atoms with Crippen molar-refractivity contribution in [3.63, 3.8) is 0 Å². The van der Waals surface area contributed by atoms with Crippen molar-refractivity contribution in [2.75, 3.05) is 12.8 Å². The lowest BCUT2D eigenvalue weighted by atomic mass is 10.0. The second-order valence-electron chi connectivity index (χ2n) is 5.18. The topological polar surface area (TPSA) is 46.2 Å². The Morgan fingerprint density at radius 2 is 1.90 bits per heavy atom. The molecule has 2 rings (SSSR count). The maximum Gasteiger partial charge on any atom is 0.175 e. The smallest absolute Gasteiger partial charge is 0.175 e. The Kier molecular flexibility index (Phi) is 5.56. The van der Waals surface area contributed by atoms with Gasteiger partial charge in [0.25, 0.3) is 0 Å². The molecule has 114 valence electrons. The van der Waals surface area contributed by atoms with Gasteiger partial charge >= 0.3 is 0 Å². The first-order valence-electron chi connectivity index (χ1n) is 7.05. The monoisotopic (exact) mass is 323 g/mol. The van der Waals surface area contributed by atoms with E-state index in [1.165, 1.54) is 11.8 Å². The minimum atomic E-state index is -3.13. The molecule has 5 heteroatoms. The highest BCUT2D eigenvalue weighted by Crippen LogP contribution is 2.21. The van der Waals surface area contributed by atoms with Crippen LogP contribution >= 0.6 is 11.3 Å². The largest absolute Gasteiger partial charge is 0.310 e. The van der Waals surface area contributed by atoms with Crippen molar-refractivity contribution >= 4 is 21.2 Å². The average molecular weight is 323 g/mol. The van der Waals surface area contributed by atoms with E-state index < -0.39 is 9.84 Å². The third-order valence-corrected chi connectivity index (χ3v) is 5.23. The quantitative estimate of drug-likeness (QED) is 0.849. The number of hydrogen-bond donors (Lipinski definition) is 1. The SMILES string of the molecule is CCCNC(Cc1ccsc1)c1ccc(S(C)(=O)=O)cc1. The maximum atomic E-state index is 11.5. The van der Waals surface area contributed by atoms with Gasteiger partial charge in [-0.3, -0.25) is 0 Å².